The maximum absolute atomic E-state index is 3.76. The molecule has 1 heterocycles. The Morgan fingerprint density at radius 3 is 2.30 bits per heavy atom. The van der Waals surface area contributed by atoms with Gasteiger partial charge in [0, 0.05) is 18.6 Å². The van der Waals surface area contributed by atoms with Crippen molar-refractivity contribution in [3.8, 4) is 0 Å². The van der Waals surface area contributed by atoms with Gasteiger partial charge in [-0.25, -0.2) is 0 Å². The summed E-state index contributed by atoms with van der Waals surface area (Å²) < 4.78 is 0. The first kappa shape index (κ1) is 15.5. The Hall–Kier alpha value is -0.860. The van der Waals surface area contributed by atoms with Crippen molar-refractivity contribution in [3.05, 3.63) is 35.4 Å². The third-order valence-corrected chi connectivity index (χ3v) is 4.62. The summed E-state index contributed by atoms with van der Waals surface area (Å²) in [7, 11) is 0. The Kier molecular flexibility index (Phi) is 6.06. The van der Waals surface area contributed by atoms with E-state index in [0.717, 1.165) is 19.4 Å². The molecular weight excluding hydrogens is 244 g/mol. The Balaban J connectivity index is 1.87. The number of likely N-dealkylation sites (tertiary alicyclic amines) is 1. The first-order valence-electron chi connectivity index (χ1n) is 8.30. The highest BCUT2D eigenvalue weighted by atomic mass is 15.2. The summed E-state index contributed by atoms with van der Waals surface area (Å²) in [6.07, 6.45) is 5.02. The minimum absolute atomic E-state index is 0.492. The van der Waals surface area contributed by atoms with Crippen LogP contribution in [0.2, 0.25) is 0 Å². The SMILES string of the molecule is CCc1ccc(C(CC)NCC(C)N2CCCC2)cc1. The molecule has 1 N–H and O–H groups in total. The quantitative estimate of drug-likeness (QED) is 0.814. The molecule has 2 heteroatoms. The van der Waals surface area contributed by atoms with Gasteiger partial charge in [0.25, 0.3) is 0 Å². The maximum Gasteiger partial charge on any atom is 0.0318 e. The van der Waals surface area contributed by atoms with E-state index < -0.39 is 0 Å². The van der Waals surface area contributed by atoms with Gasteiger partial charge < -0.3 is 5.32 Å². The van der Waals surface area contributed by atoms with Crippen LogP contribution in [-0.2, 0) is 6.42 Å². The Morgan fingerprint density at radius 2 is 1.75 bits per heavy atom. The molecule has 0 aliphatic carbocycles. The van der Waals surface area contributed by atoms with Crippen molar-refractivity contribution in [2.45, 2.75) is 58.5 Å². The second-order valence-corrected chi connectivity index (χ2v) is 6.06. The largest absolute Gasteiger partial charge is 0.308 e. The van der Waals surface area contributed by atoms with Gasteiger partial charge in [0.1, 0.15) is 0 Å². The number of rotatable bonds is 7. The fraction of sp³-hybridized carbons (Fsp3) is 0.667. The van der Waals surface area contributed by atoms with Crippen LogP contribution in [0.4, 0.5) is 0 Å². The summed E-state index contributed by atoms with van der Waals surface area (Å²) in [5, 5.41) is 3.76. The Morgan fingerprint density at radius 1 is 1.10 bits per heavy atom. The summed E-state index contributed by atoms with van der Waals surface area (Å²) in [5.74, 6) is 0. The fourth-order valence-electron chi connectivity index (χ4n) is 3.11. The molecule has 1 aromatic rings. The zero-order valence-corrected chi connectivity index (χ0v) is 13.4. The van der Waals surface area contributed by atoms with Crippen molar-refractivity contribution in [2.75, 3.05) is 19.6 Å². The molecule has 112 valence electrons. The van der Waals surface area contributed by atoms with Crippen LogP contribution in [0, 0.1) is 0 Å². The molecule has 1 aliphatic rings. The molecule has 2 atom stereocenters. The minimum Gasteiger partial charge on any atom is -0.308 e. The highest BCUT2D eigenvalue weighted by Gasteiger charge is 2.19. The number of benzene rings is 1. The number of nitrogens with one attached hydrogen (secondary N) is 1. The van der Waals surface area contributed by atoms with E-state index in [-0.39, 0.29) is 0 Å². The number of hydrogen-bond acceptors (Lipinski definition) is 2. The zero-order valence-electron chi connectivity index (χ0n) is 13.4. The normalized spacial score (nSPS) is 19.1. The lowest BCUT2D eigenvalue weighted by molar-refractivity contribution is 0.245. The molecule has 0 saturated carbocycles. The minimum atomic E-state index is 0.492. The molecular formula is C18H30N2. The van der Waals surface area contributed by atoms with E-state index in [9.17, 15) is 0 Å². The van der Waals surface area contributed by atoms with Gasteiger partial charge in [-0.2, -0.15) is 0 Å². The number of aryl methyl sites for hydroxylation is 1. The molecule has 0 bridgehead atoms. The van der Waals surface area contributed by atoms with Gasteiger partial charge in [-0.3, -0.25) is 4.90 Å². The molecule has 1 aromatic carbocycles. The lowest BCUT2D eigenvalue weighted by Crippen LogP contribution is -2.39. The van der Waals surface area contributed by atoms with Gasteiger partial charge >= 0.3 is 0 Å². The summed E-state index contributed by atoms with van der Waals surface area (Å²) in [6.45, 7) is 10.5. The second-order valence-electron chi connectivity index (χ2n) is 6.06. The summed E-state index contributed by atoms with van der Waals surface area (Å²) in [4.78, 5) is 2.61. The zero-order chi connectivity index (χ0) is 14.4. The van der Waals surface area contributed by atoms with Gasteiger partial charge in [-0.1, -0.05) is 38.1 Å². The fourth-order valence-corrected chi connectivity index (χ4v) is 3.11. The van der Waals surface area contributed by atoms with Crippen molar-refractivity contribution in [1.29, 1.82) is 0 Å². The van der Waals surface area contributed by atoms with E-state index in [1.54, 1.807) is 0 Å². The van der Waals surface area contributed by atoms with Crippen molar-refractivity contribution in [3.63, 3.8) is 0 Å². The van der Waals surface area contributed by atoms with Crippen molar-refractivity contribution < 1.29 is 0 Å². The smallest absolute Gasteiger partial charge is 0.0318 e. The lowest BCUT2D eigenvalue weighted by atomic mass is 10.0. The van der Waals surface area contributed by atoms with Gasteiger partial charge in [-0.05, 0) is 56.8 Å². The molecule has 0 aromatic heterocycles. The second kappa shape index (κ2) is 7.80. The summed E-state index contributed by atoms with van der Waals surface area (Å²) in [5.41, 5.74) is 2.85. The van der Waals surface area contributed by atoms with E-state index in [2.05, 4.69) is 55.3 Å². The van der Waals surface area contributed by atoms with E-state index in [0.29, 0.717) is 12.1 Å². The van der Waals surface area contributed by atoms with Crippen LogP contribution in [-0.4, -0.2) is 30.6 Å². The van der Waals surface area contributed by atoms with E-state index in [1.807, 2.05) is 0 Å². The van der Waals surface area contributed by atoms with Gasteiger partial charge in [0.15, 0.2) is 0 Å². The third kappa shape index (κ3) is 4.07. The number of nitrogens with zero attached hydrogens (tertiary/aromatic N) is 1. The molecule has 0 radical (unpaired) electrons. The van der Waals surface area contributed by atoms with Crippen LogP contribution >= 0.6 is 0 Å². The monoisotopic (exact) mass is 274 g/mol. The molecule has 0 spiro atoms. The molecule has 2 rings (SSSR count). The molecule has 20 heavy (non-hydrogen) atoms. The molecule has 0 amide bonds. The van der Waals surface area contributed by atoms with Crippen LogP contribution in [0.5, 0.6) is 0 Å². The Bertz CT molecular complexity index is 379. The van der Waals surface area contributed by atoms with Crippen molar-refractivity contribution >= 4 is 0 Å². The van der Waals surface area contributed by atoms with Crippen LogP contribution in [0.3, 0.4) is 0 Å². The van der Waals surface area contributed by atoms with Crippen LogP contribution in [0.15, 0.2) is 24.3 Å². The first-order chi connectivity index (χ1) is 9.74. The molecule has 1 aliphatic heterocycles. The van der Waals surface area contributed by atoms with Crippen molar-refractivity contribution in [2.24, 2.45) is 0 Å². The lowest BCUT2D eigenvalue weighted by Gasteiger charge is -2.27. The van der Waals surface area contributed by atoms with Crippen molar-refractivity contribution in [1.82, 2.24) is 10.2 Å². The third-order valence-electron chi connectivity index (χ3n) is 4.62. The van der Waals surface area contributed by atoms with Crippen LogP contribution < -0.4 is 5.32 Å². The number of hydrogen-bond donors (Lipinski definition) is 1. The molecule has 2 unspecified atom stereocenters. The van der Waals surface area contributed by atoms with Gasteiger partial charge in [-0.15, -0.1) is 0 Å². The predicted octanol–water partition coefficient (Wildman–Crippen LogP) is 3.77. The van der Waals surface area contributed by atoms with E-state index in [1.165, 1.54) is 37.1 Å². The summed E-state index contributed by atoms with van der Waals surface area (Å²) in [6, 6.07) is 10.3. The highest BCUT2D eigenvalue weighted by Crippen LogP contribution is 2.18. The standard InChI is InChI=1S/C18H30N2/c1-4-16-8-10-17(11-9-16)18(5-2)19-14-15(3)20-12-6-7-13-20/h8-11,15,18-19H,4-7,12-14H2,1-3H3. The predicted molar refractivity (Wildman–Crippen MR) is 87.1 cm³/mol. The van der Waals surface area contributed by atoms with Crippen LogP contribution in [0.1, 0.15) is 57.2 Å². The van der Waals surface area contributed by atoms with Gasteiger partial charge in [0.2, 0.25) is 0 Å². The van der Waals surface area contributed by atoms with Gasteiger partial charge in [0.05, 0.1) is 0 Å². The average Bonchev–Trinajstić information content (AvgIpc) is 3.02. The average molecular weight is 274 g/mol. The molecule has 1 fully saturated rings. The van der Waals surface area contributed by atoms with E-state index >= 15 is 0 Å². The van der Waals surface area contributed by atoms with Crippen LogP contribution in [0.25, 0.3) is 0 Å². The summed E-state index contributed by atoms with van der Waals surface area (Å²) >= 11 is 0. The Labute approximate surface area is 124 Å². The molecule has 1 saturated heterocycles. The maximum atomic E-state index is 3.76. The molecule has 2 nitrogen and oxygen atoms in total. The van der Waals surface area contributed by atoms with E-state index in [4.69, 9.17) is 0 Å². The first-order valence-corrected chi connectivity index (χ1v) is 8.30. The topological polar surface area (TPSA) is 15.3 Å². The highest BCUT2D eigenvalue weighted by molar-refractivity contribution is 5.25.